The second kappa shape index (κ2) is 9.47. The third kappa shape index (κ3) is 5.29. The Kier molecular flexibility index (Phi) is 7.54. The SMILES string of the molecule is CCNS(=O)(=O)c1ccc2c(c1)N(C)CCO2.O=Cc1cc(Cl)c(O)c(Cl)c1. The number of fused-ring (bicyclic) bond motifs is 1. The quantitative estimate of drug-likeness (QED) is 0.699. The third-order valence-electron chi connectivity index (χ3n) is 3.85. The van der Waals surface area contributed by atoms with Gasteiger partial charge in [0.05, 0.1) is 27.2 Å². The van der Waals surface area contributed by atoms with E-state index in [1.165, 1.54) is 12.1 Å². The molecule has 0 atom stereocenters. The molecule has 0 aromatic heterocycles. The van der Waals surface area contributed by atoms with Crippen molar-refractivity contribution in [3.8, 4) is 11.5 Å². The molecule has 152 valence electrons. The van der Waals surface area contributed by atoms with Gasteiger partial charge < -0.3 is 14.7 Å². The summed E-state index contributed by atoms with van der Waals surface area (Å²) in [7, 11) is -1.48. The lowest BCUT2D eigenvalue weighted by Crippen LogP contribution is -2.29. The Bertz CT molecular complexity index is 943. The Morgan fingerprint density at radius 1 is 1.25 bits per heavy atom. The molecule has 0 fully saturated rings. The Labute approximate surface area is 173 Å². The maximum atomic E-state index is 11.9. The zero-order valence-electron chi connectivity index (χ0n) is 15.3. The lowest BCUT2D eigenvalue weighted by molar-refractivity contribution is 0.112. The zero-order valence-corrected chi connectivity index (χ0v) is 17.6. The molecule has 0 amide bonds. The van der Waals surface area contributed by atoms with Crippen molar-refractivity contribution < 1.29 is 23.1 Å². The number of sulfonamides is 1. The number of benzene rings is 2. The first kappa shape index (κ1) is 22.3. The number of phenolic OH excluding ortho intramolecular Hbond substituents is 1. The van der Waals surface area contributed by atoms with Crippen molar-refractivity contribution in [2.75, 3.05) is 31.6 Å². The average Bonchev–Trinajstić information content (AvgIpc) is 2.66. The number of aromatic hydroxyl groups is 1. The Hall–Kier alpha value is -2.00. The van der Waals surface area contributed by atoms with Gasteiger partial charge in [0, 0.05) is 19.2 Å². The molecule has 1 heterocycles. The van der Waals surface area contributed by atoms with Crippen molar-refractivity contribution in [2.45, 2.75) is 11.8 Å². The number of nitrogens with zero attached hydrogens (tertiary/aromatic N) is 1. The van der Waals surface area contributed by atoms with Gasteiger partial charge in [0.1, 0.15) is 18.6 Å². The van der Waals surface area contributed by atoms with E-state index in [1.54, 1.807) is 25.1 Å². The molecule has 2 N–H and O–H groups in total. The highest BCUT2D eigenvalue weighted by molar-refractivity contribution is 7.89. The van der Waals surface area contributed by atoms with E-state index in [4.69, 9.17) is 33.0 Å². The summed E-state index contributed by atoms with van der Waals surface area (Å²) in [5, 5.41) is 9.21. The van der Waals surface area contributed by atoms with Gasteiger partial charge in [-0.25, -0.2) is 13.1 Å². The largest absolute Gasteiger partial charge is 0.505 e. The summed E-state index contributed by atoms with van der Waals surface area (Å²) in [5.41, 5.74) is 1.16. The van der Waals surface area contributed by atoms with Crippen LogP contribution >= 0.6 is 23.2 Å². The highest BCUT2D eigenvalue weighted by Crippen LogP contribution is 2.33. The number of hydrogen-bond donors (Lipinski definition) is 2. The standard InChI is InChI=1S/C11H16N2O3S.C7H4Cl2O2/c1-3-12-17(14,15)9-4-5-11-10(8-9)13(2)6-7-16-11;8-5-1-4(3-10)2-6(9)7(5)11/h4-5,8,12H,3,6-7H2,1-2H3;1-3,11H. The molecule has 2 aromatic carbocycles. The smallest absolute Gasteiger partial charge is 0.240 e. The van der Waals surface area contributed by atoms with Gasteiger partial charge in [-0.2, -0.15) is 0 Å². The van der Waals surface area contributed by atoms with Gasteiger partial charge in [0.2, 0.25) is 10.0 Å². The van der Waals surface area contributed by atoms with E-state index in [9.17, 15) is 13.2 Å². The fourth-order valence-electron chi connectivity index (χ4n) is 2.42. The molecule has 0 unspecified atom stereocenters. The van der Waals surface area contributed by atoms with Crippen LogP contribution in [0.3, 0.4) is 0 Å². The molecule has 0 saturated heterocycles. The fourth-order valence-corrected chi connectivity index (χ4v) is 3.99. The third-order valence-corrected chi connectivity index (χ3v) is 5.97. The molecule has 1 aliphatic rings. The van der Waals surface area contributed by atoms with E-state index in [-0.39, 0.29) is 20.7 Å². The van der Waals surface area contributed by atoms with Gasteiger partial charge in [0.15, 0.2) is 5.75 Å². The number of likely N-dealkylation sites (N-methyl/N-ethyl adjacent to an activating group) is 1. The Morgan fingerprint density at radius 2 is 1.89 bits per heavy atom. The highest BCUT2D eigenvalue weighted by Gasteiger charge is 2.19. The first-order chi connectivity index (χ1) is 13.2. The van der Waals surface area contributed by atoms with Gasteiger partial charge in [0.25, 0.3) is 0 Å². The Balaban J connectivity index is 0.000000221. The van der Waals surface area contributed by atoms with Crippen LogP contribution in [-0.4, -0.2) is 46.6 Å². The molecular formula is C18H20Cl2N2O5S. The monoisotopic (exact) mass is 446 g/mol. The summed E-state index contributed by atoms with van der Waals surface area (Å²) in [4.78, 5) is 12.5. The lowest BCUT2D eigenvalue weighted by atomic mass is 10.2. The summed E-state index contributed by atoms with van der Waals surface area (Å²) in [5.74, 6) is 0.535. The lowest BCUT2D eigenvalue weighted by Gasteiger charge is -2.27. The normalized spacial score (nSPS) is 13.1. The van der Waals surface area contributed by atoms with Crippen LogP contribution < -0.4 is 14.4 Å². The summed E-state index contributed by atoms with van der Waals surface area (Å²) in [6, 6.07) is 7.60. The molecule has 3 rings (SSSR count). The van der Waals surface area contributed by atoms with Crippen LogP contribution in [0.5, 0.6) is 11.5 Å². The van der Waals surface area contributed by atoms with E-state index in [0.29, 0.717) is 25.0 Å². The number of halogens is 2. The summed E-state index contributed by atoms with van der Waals surface area (Å²) < 4.78 is 31.6. The van der Waals surface area contributed by atoms with Gasteiger partial charge in [-0.15, -0.1) is 0 Å². The van der Waals surface area contributed by atoms with E-state index in [2.05, 4.69) is 4.72 Å². The van der Waals surface area contributed by atoms with Gasteiger partial charge in [-0.1, -0.05) is 30.1 Å². The molecular weight excluding hydrogens is 427 g/mol. The number of hydrogen-bond acceptors (Lipinski definition) is 6. The van der Waals surface area contributed by atoms with Gasteiger partial charge >= 0.3 is 0 Å². The molecule has 0 aliphatic carbocycles. The van der Waals surface area contributed by atoms with Crippen LogP contribution in [0.4, 0.5) is 5.69 Å². The number of aldehydes is 1. The van der Waals surface area contributed by atoms with Gasteiger partial charge in [-0.05, 0) is 30.3 Å². The maximum absolute atomic E-state index is 11.9. The minimum Gasteiger partial charge on any atom is -0.505 e. The first-order valence-corrected chi connectivity index (χ1v) is 10.5. The van der Waals surface area contributed by atoms with Crippen LogP contribution in [0, 0.1) is 0 Å². The second-order valence-electron chi connectivity index (χ2n) is 5.85. The fraction of sp³-hybridized carbons (Fsp3) is 0.278. The highest BCUT2D eigenvalue weighted by atomic mass is 35.5. The van der Waals surface area contributed by atoms with Crippen molar-refractivity contribution in [3.63, 3.8) is 0 Å². The van der Waals surface area contributed by atoms with E-state index in [0.717, 1.165) is 18.0 Å². The van der Waals surface area contributed by atoms with Crippen molar-refractivity contribution in [1.82, 2.24) is 4.72 Å². The molecule has 0 bridgehead atoms. The minimum atomic E-state index is -3.40. The minimum absolute atomic E-state index is 0.0830. The molecule has 0 spiro atoms. The van der Waals surface area contributed by atoms with E-state index >= 15 is 0 Å². The molecule has 28 heavy (non-hydrogen) atoms. The summed E-state index contributed by atoms with van der Waals surface area (Å²) >= 11 is 11.0. The van der Waals surface area contributed by atoms with Crippen LogP contribution in [0.15, 0.2) is 35.2 Å². The maximum Gasteiger partial charge on any atom is 0.240 e. The average molecular weight is 447 g/mol. The molecule has 2 aromatic rings. The van der Waals surface area contributed by atoms with Crippen LogP contribution in [0.25, 0.3) is 0 Å². The van der Waals surface area contributed by atoms with Crippen LogP contribution in [0.2, 0.25) is 10.0 Å². The number of phenols is 1. The van der Waals surface area contributed by atoms with Crippen LogP contribution in [-0.2, 0) is 10.0 Å². The number of carbonyl (C=O) groups excluding carboxylic acids is 1. The molecule has 7 nitrogen and oxygen atoms in total. The first-order valence-electron chi connectivity index (χ1n) is 8.30. The predicted octanol–water partition coefficient (Wildman–Crippen LogP) is 3.32. The van der Waals surface area contributed by atoms with Crippen LogP contribution in [0.1, 0.15) is 17.3 Å². The molecule has 1 aliphatic heterocycles. The Morgan fingerprint density at radius 3 is 2.46 bits per heavy atom. The summed E-state index contributed by atoms with van der Waals surface area (Å²) in [6.07, 6.45) is 0.608. The van der Waals surface area contributed by atoms with Gasteiger partial charge in [-0.3, -0.25) is 4.79 Å². The zero-order chi connectivity index (χ0) is 20.9. The molecule has 0 saturated carbocycles. The number of rotatable bonds is 4. The van der Waals surface area contributed by atoms with Crippen molar-refractivity contribution >= 4 is 45.2 Å². The second-order valence-corrected chi connectivity index (χ2v) is 8.43. The number of nitrogens with one attached hydrogen (secondary N) is 1. The van der Waals surface area contributed by atoms with Crippen molar-refractivity contribution in [1.29, 1.82) is 0 Å². The predicted molar refractivity (Wildman–Crippen MR) is 110 cm³/mol. The van der Waals surface area contributed by atoms with E-state index in [1.807, 2.05) is 11.9 Å². The number of ether oxygens (including phenoxy) is 1. The van der Waals surface area contributed by atoms with E-state index < -0.39 is 10.0 Å². The summed E-state index contributed by atoms with van der Waals surface area (Å²) in [6.45, 7) is 3.53. The van der Waals surface area contributed by atoms with Crippen molar-refractivity contribution in [3.05, 3.63) is 45.9 Å². The van der Waals surface area contributed by atoms with Crippen molar-refractivity contribution in [2.24, 2.45) is 0 Å². The number of anilines is 1. The number of carbonyl (C=O) groups is 1. The topological polar surface area (TPSA) is 95.9 Å². The molecule has 0 radical (unpaired) electrons. The molecule has 10 heteroatoms.